The summed E-state index contributed by atoms with van der Waals surface area (Å²) < 4.78 is 4.69. The van der Waals surface area contributed by atoms with Crippen LogP contribution >= 0.6 is 0 Å². The third-order valence-corrected chi connectivity index (χ3v) is 25.3. The number of aromatic nitrogens is 4. The van der Waals surface area contributed by atoms with Gasteiger partial charge in [0.05, 0.1) is 44.8 Å². The van der Waals surface area contributed by atoms with Crippen LogP contribution in [0.15, 0.2) is 328 Å². The van der Waals surface area contributed by atoms with E-state index in [9.17, 15) is 0 Å². The molecule has 16 aromatic rings. The zero-order valence-electron chi connectivity index (χ0n) is 52.7. The van der Waals surface area contributed by atoms with E-state index in [1.165, 1.54) is 76.4 Å². The van der Waals surface area contributed by atoms with Gasteiger partial charge in [0, 0.05) is 33.9 Å². The van der Waals surface area contributed by atoms with Gasteiger partial charge in [-0.25, -0.2) is 9.97 Å². The summed E-state index contributed by atoms with van der Waals surface area (Å²) in [7, 11) is -3.43. The molecule has 0 amide bonds. The Morgan fingerprint density at radius 2 is 0.515 bits per heavy atom. The van der Waals surface area contributed by atoms with E-state index in [0.717, 1.165) is 101 Å². The number of para-hydroxylation sites is 10. The monoisotopic (exact) mass is 1250 g/mol. The van der Waals surface area contributed by atoms with Gasteiger partial charge in [0.2, 0.25) is 0 Å². The molecule has 2 aromatic heterocycles. The van der Waals surface area contributed by atoms with E-state index < -0.39 is 8.07 Å². The van der Waals surface area contributed by atoms with Gasteiger partial charge in [0.15, 0.2) is 8.07 Å². The summed E-state index contributed by atoms with van der Waals surface area (Å²) in [5.74, 6) is 1.81. The molecule has 0 atom stereocenters. The molecule has 7 heteroatoms. The summed E-state index contributed by atoms with van der Waals surface area (Å²) in [5, 5.41) is 5.43. The molecule has 0 radical (unpaired) electrons. The van der Waals surface area contributed by atoms with E-state index in [0.29, 0.717) is 0 Å². The number of rotatable bonds is 8. The Bertz CT molecular complexity index is 5490. The Balaban J connectivity index is 0.823. The summed E-state index contributed by atoms with van der Waals surface area (Å²) in [5.41, 5.74) is 29.5. The van der Waals surface area contributed by atoms with Crippen molar-refractivity contribution in [2.75, 3.05) is 9.80 Å². The van der Waals surface area contributed by atoms with Crippen molar-refractivity contribution in [3.8, 4) is 78.7 Å². The Hall–Kier alpha value is -12.7. The number of nitrogens with zero attached hydrogens (tertiary/aromatic N) is 6. The van der Waals surface area contributed by atoms with Crippen molar-refractivity contribution in [1.29, 1.82) is 0 Å². The third kappa shape index (κ3) is 8.45. The zero-order chi connectivity index (χ0) is 63.7. The quantitative estimate of drug-likeness (QED) is 0.142. The SMILES string of the molecule is C1=Cc2ccccc2N(c2ccc(-c3ccc4c(c3)[Si]3(c5cc(-c6ccc(N7c8ccccc8C=Cc8ccccc87)cc6)ccc5-4)c4cc(-c5nc6ccccc6n5-c5ccccc5)ccc4-c4ccc(-c5nc6ccccc6n5-c5ccccc5)cc43)cc2)c2ccccc21. The number of benzene rings is 14. The van der Waals surface area contributed by atoms with Gasteiger partial charge in [-0.15, -0.1) is 0 Å². The molecular formula is C90H58N6Si. The highest BCUT2D eigenvalue weighted by Gasteiger charge is 2.55. The van der Waals surface area contributed by atoms with Gasteiger partial charge in [-0.1, -0.05) is 255 Å². The summed E-state index contributed by atoms with van der Waals surface area (Å²) in [6.07, 6.45) is 8.95. The molecule has 97 heavy (non-hydrogen) atoms. The second-order valence-electron chi connectivity index (χ2n) is 25.6. The molecule has 4 aliphatic heterocycles. The predicted molar refractivity (Wildman–Crippen MR) is 406 cm³/mol. The maximum atomic E-state index is 5.55. The molecule has 6 nitrogen and oxygen atoms in total. The first kappa shape index (κ1) is 54.8. The number of anilines is 6. The first-order valence-electron chi connectivity index (χ1n) is 33.3. The second-order valence-corrected chi connectivity index (χ2v) is 29.3. The van der Waals surface area contributed by atoms with Crippen LogP contribution in [-0.4, -0.2) is 27.2 Å². The first-order chi connectivity index (χ1) is 48.1. The molecule has 1 spiro atoms. The van der Waals surface area contributed by atoms with E-state index in [4.69, 9.17) is 9.97 Å². The van der Waals surface area contributed by atoms with Gasteiger partial charge in [0.25, 0.3) is 0 Å². The van der Waals surface area contributed by atoms with Crippen LogP contribution in [0.25, 0.3) is 125 Å². The summed E-state index contributed by atoms with van der Waals surface area (Å²) in [4.78, 5) is 15.9. The molecule has 0 saturated carbocycles. The Labute approximate surface area is 563 Å². The van der Waals surface area contributed by atoms with Gasteiger partial charge in [-0.05, 0) is 185 Å². The highest BCUT2D eigenvalue weighted by Crippen LogP contribution is 2.47. The van der Waals surface area contributed by atoms with Crippen molar-refractivity contribution in [1.82, 2.24) is 19.1 Å². The van der Waals surface area contributed by atoms with E-state index in [1.807, 2.05) is 0 Å². The minimum Gasteiger partial charge on any atom is -0.309 e. The third-order valence-electron chi connectivity index (χ3n) is 20.5. The number of fused-ring (bicyclic) bond motifs is 16. The minimum atomic E-state index is -3.43. The van der Waals surface area contributed by atoms with Crippen molar-refractivity contribution in [2.24, 2.45) is 0 Å². The van der Waals surface area contributed by atoms with Crippen LogP contribution in [0.5, 0.6) is 0 Å². The van der Waals surface area contributed by atoms with Gasteiger partial charge < -0.3 is 9.80 Å². The van der Waals surface area contributed by atoms with Gasteiger partial charge in [-0.3, -0.25) is 9.13 Å². The molecule has 0 N–H and O–H groups in total. The Morgan fingerprint density at radius 1 is 0.227 bits per heavy atom. The summed E-state index contributed by atoms with van der Waals surface area (Å²) in [6.45, 7) is 0. The molecule has 0 aliphatic carbocycles. The van der Waals surface area contributed by atoms with E-state index >= 15 is 0 Å². The van der Waals surface area contributed by atoms with E-state index in [-0.39, 0.29) is 0 Å². The van der Waals surface area contributed by atoms with Crippen molar-refractivity contribution in [3.63, 3.8) is 0 Å². The molecule has 14 aromatic carbocycles. The standard InChI is InChI=1S/C90H58N6Si/c1-3-23-69(24-4-1)95-83-33-17-11-27-77(83)91-89(95)67-45-53-75-76-54-46-68(90-92-78-28-12-18-34-84(78)96(90)70-25-5-2-6-26-70)58-88(76)97(87(75)57-67)85-55-65(59-39-47-71(48-40-59)93-79-29-13-7-19-61(79)35-36-62-20-8-14-30-80(62)93)43-51-73(85)74-52-44-66(56-86(74)97)60-41-49-72(50-42-60)94-81-31-15-9-21-63(81)37-38-64-22-10-16-32-82(64)94/h1-58H. The van der Waals surface area contributed by atoms with Gasteiger partial charge in [0.1, 0.15) is 11.6 Å². The topological polar surface area (TPSA) is 42.1 Å². The molecule has 452 valence electrons. The zero-order valence-corrected chi connectivity index (χ0v) is 53.7. The van der Waals surface area contributed by atoms with Crippen LogP contribution in [0, 0.1) is 0 Å². The number of imidazole rings is 2. The van der Waals surface area contributed by atoms with Crippen LogP contribution < -0.4 is 30.5 Å². The fourth-order valence-corrected chi connectivity index (χ4v) is 21.8. The lowest BCUT2D eigenvalue weighted by Crippen LogP contribution is -2.70. The van der Waals surface area contributed by atoms with Gasteiger partial charge >= 0.3 is 0 Å². The Kier molecular flexibility index (Phi) is 12.3. The minimum absolute atomic E-state index is 0.907. The fraction of sp³-hybridized carbons (Fsp3) is 0. The molecule has 0 unspecified atom stereocenters. The van der Waals surface area contributed by atoms with Crippen molar-refractivity contribution in [3.05, 3.63) is 350 Å². The van der Waals surface area contributed by atoms with Crippen LogP contribution in [-0.2, 0) is 0 Å². The highest BCUT2D eigenvalue weighted by atomic mass is 28.3. The first-order valence-corrected chi connectivity index (χ1v) is 35.3. The smallest absolute Gasteiger partial charge is 0.182 e. The lowest BCUT2D eigenvalue weighted by Gasteiger charge is -2.29. The van der Waals surface area contributed by atoms with Crippen molar-refractivity contribution in [2.45, 2.75) is 0 Å². The lowest BCUT2D eigenvalue weighted by atomic mass is 9.97. The van der Waals surface area contributed by atoms with Crippen LogP contribution in [0.1, 0.15) is 22.3 Å². The normalized spacial score (nSPS) is 13.3. The fourth-order valence-electron chi connectivity index (χ4n) is 16.1. The average molecular weight is 1250 g/mol. The largest absolute Gasteiger partial charge is 0.309 e. The predicted octanol–water partition coefficient (Wildman–Crippen LogP) is 20.3. The Morgan fingerprint density at radius 3 is 0.876 bits per heavy atom. The van der Waals surface area contributed by atoms with Crippen LogP contribution in [0.3, 0.4) is 0 Å². The van der Waals surface area contributed by atoms with Crippen LogP contribution in [0.2, 0.25) is 0 Å². The van der Waals surface area contributed by atoms with E-state index in [2.05, 4.69) is 371 Å². The summed E-state index contributed by atoms with van der Waals surface area (Å²) >= 11 is 0. The number of hydrogen-bond acceptors (Lipinski definition) is 4. The second kappa shape index (κ2) is 21.7. The molecule has 0 saturated heterocycles. The molecule has 0 fully saturated rings. The molecule has 4 aliphatic rings. The maximum absolute atomic E-state index is 5.55. The summed E-state index contributed by atoms with van der Waals surface area (Å²) in [6, 6.07) is 121. The highest BCUT2D eigenvalue weighted by molar-refractivity contribution is 7.24. The van der Waals surface area contributed by atoms with E-state index in [1.54, 1.807) is 0 Å². The molecule has 20 rings (SSSR count). The van der Waals surface area contributed by atoms with Gasteiger partial charge in [-0.2, -0.15) is 0 Å². The molecule has 0 bridgehead atoms. The maximum Gasteiger partial charge on any atom is 0.182 e. The molecular weight excluding hydrogens is 1190 g/mol. The van der Waals surface area contributed by atoms with Crippen molar-refractivity contribution >= 4 is 109 Å². The number of hydrogen-bond donors (Lipinski definition) is 0. The van der Waals surface area contributed by atoms with Crippen molar-refractivity contribution < 1.29 is 0 Å². The molecule has 6 heterocycles. The lowest BCUT2D eigenvalue weighted by molar-refractivity contribution is 1.10. The van der Waals surface area contributed by atoms with Crippen LogP contribution in [0.4, 0.5) is 34.1 Å². The average Bonchev–Trinajstić information content (AvgIpc) is 1.50.